The Morgan fingerprint density at radius 2 is 1.88 bits per heavy atom. The summed E-state index contributed by atoms with van der Waals surface area (Å²) in [5.74, 6) is 0.769. The van der Waals surface area contributed by atoms with Crippen molar-refractivity contribution in [2.45, 2.75) is 19.5 Å². The highest BCUT2D eigenvalue weighted by Gasteiger charge is 2.31. The number of ketones is 1. The number of hydrogen-bond donors (Lipinski definition) is 3. The average molecular weight is 344 g/mol. The lowest BCUT2D eigenvalue weighted by Crippen LogP contribution is -2.51. The molecule has 3 N–H and O–H groups in total. The van der Waals surface area contributed by atoms with Gasteiger partial charge in [0.15, 0.2) is 11.4 Å². The second-order valence-electron chi connectivity index (χ2n) is 6.57. The summed E-state index contributed by atoms with van der Waals surface area (Å²) in [6.45, 7) is 3.54. The number of aryl methyl sites for hydroxylation is 1. The van der Waals surface area contributed by atoms with Gasteiger partial charge in [-0.3, -0.25) is 9.89 Å². The Bertz CT molecular complexity index is 1100. The molecule has 0 spiro atoms. The molecule has 26 heavy (non-hydrogen) atoms. The van der Waals surface area contributed by atoms with Crippen molar-refractivity contribution in [1.82, 2.24) is 15.5 Å². The quantitative estimate of drug-likeness (QED) is 0.633. The number of Topliss-reactive ketones (excluding diaryl/α,β-unsaturated/α-hetero) is 1. The number of anilines is 1. The summed E-state index contributed by atoms with van der Waals surface area (Å²) in [7, 11) is 0. The zero-order chi connectivity index (χ0) is 18.1. The first-order valence-electron chi connectivity index (χ1n) is 8.53. The first-order valence-corrected chi connectivity index (χ1v) is 8.53. The number of nitrogens with one attached hydrogen (secondary N) is 3. The van der Waals surface area contributed by atoms with Crippen molar-refractivity contribution in [1.29, 1.82) is 0 Å². The van der Waals surface area contributed by atoms with Gasteiger partial charge in [0.05, 0.1) is 0 Å². The van der Waals surface area contributed by atoms with Crippen molar-refractivity contribution >= 4 is 23.9 Å². The van der Waals surface area contributed by atoms with E-state index < -0.39 is 5.66 Å². The van der Waals surface area contributed by atoms with E-state index in [-0.39, 0.29) is 5.78 Å². The van der Waals surface area contributed by atoms with Crippen LogP contribution in [0.4, 0.5) is 5.82 Å². The number of benzene rings is 2. The number of carbonyl (C=O) groups excluding carboxylic acids is 1. The normalized spacial score (nSPS) is 18.1. The average Bonchev–Trinajstić information content (AvgIpc) is 3.06. The van der Waals surface area contributed by atoms with Gasteiger partial charge in [0.25, 0.3) is 0 Å². The molecule has 0 saturated carbocycles. The maximum atomic E-state index is 11.9. The van der Waals surface area contributed by atoms with Crippen LogP contribution >= 0.6 is 0 Å². The summed E-state index contributed by atoms with van der Waals surface area (Å²) >= 11 is 0. The number of nitrogens with zero attached hydrogens (tertiary/aromatic N) is 1. The molecule has 1 aliphatic rings. The predicted octanol–water partition coefficient (Wildman–Crippen LogP) is 2.01. The number of hydrogen-bond acceptors (Lipinski definition) is 4. The minimum absolute atomic E-state index is 0.0396. The first-order chi connectivity index (χ1) is 12.6. The van der Waals surface area contributed by atoms with Gasteiger partial charge in [-0.05, 0) is 36.4 Å². The van der Waals surface area contributed by atoms with Crippen LogP contribution in [-0.2, 0) is 5.66 Å². The summed E-state index contributed by atoms with van der Waals surface area (Å²) in [4.78, 5) is 11.9. The van der Waals surface area contributed by atoms with Gasteiger partial charge < -0.3 is 10.6 Å². The third-order valence-corrected chi connectivity index (χ3v) is 4.58. The lowest BCUT2D eigenvalue weighted by Gasteiger charge is -2.35. The van der Waals surface area contributed by atoms with Crippen LogP contribution < -0.4 is 21.1 Å². The summed E-state index contributed by atoms with van der Waals surface area (Å²) in [5, 5.41) is 16.5. The van der Waals surface area contributed by atoms with Crippen LogP contribution in [0.5, 0.6) is 0 Å². The van der Waals surface area contributed by atoms with Gasteiger partial charge in [-0.1, -0.05) is 42.5 Å². The smallest absolute Gasteiger partial charge is 0.159 e. The molecule has 3 aromatic rings. The second kappa shape index (κ2) is 6.19. The van der Waals surface area contributed by atoms with E-state index >= 15 is 0 Å². The van der Waals surface area contributed by atoms with Crippen molar-refractivity contribution in [3.8, 4) is 0 Å². The van der Waals surface area contributed by atoms with Gasteiger partial charge in [0.1, 0.15) is 5.82 Å². The minimum Gasteiger partial charge on any atom is -0.361 e. The topological polar surface area (TPSA) is 69.8 Å². The predicted molar refractivity (Wildman–Crippen MR) is 103 cm³/mol. The number of rotatable bonds is 4. The van der Waals surface area contributed by atoms with Crippen molar-refractivity contribution in [3.05, 3.63) is 81.9 Å². The molecule has 0 bridgehead atoms. The van der Waals surface area contributed by atoms with E-state index in [1.165, 1.54) is 0 Å². The Kier molecular flexibility index (Phi) is 3.84. The Labute approximate surface area is 151 Å². The number of H-pyrrole nitrogens is 1. The van der Waals surface area contributed by atoms with E-state index in [4.69, 9.17) is 0 Å². The maximum Gasteiger partial charge on any atom is 0.159 e. The molecule has 5 nitrogen and oxygen atoms in total. The molecule has 0 amide bonds. The second-order valence-corrected chi connectivity index (χ2v) is 6.57. The molecule has 0 radical (unpaired) electrons. The molecule has 1 aliphatic heterocycles. The van der Waals surface area contributed by atoms with Gasteiger partial charge in [-0.15, -0.1) is 0 Å². The molecular weight excluding hydrogens is 324 g/mol. The fourth-order valence-corrected chi connectivity index (χ4v) is 3.22. The van der Waals surface area contributed by atoms with E-state index in [1.54, 1.807) is 6.92 Å². The summed E-state index contributed by atoms with van der Waals surface area (Å²) in [5.41, 5.74) is 1.88. The fourth-order valence-electron chi connectivity index (χ4n) is 3.22. The molecular formula is C21H20N4O. The van der Waals surface area contributed by atoms with E-state index in [1.807, 2.05) is 55.6 Å². The number of fused-ring (bicyclic) bond motifs is 1. The molecule has 1 atom stereocenters. The van der Waals surface area contributed by atoms with Crippen LogP contribution in [0.3, 0.4) is 0 Å². The molecule has 5 heteroatoms. The molecule has 130 valence electrons. The van der Waals surface area contributed by atoms with Crippen LogP contribution in [0.15, 0.2) is 54.6 Å². The molecule has 1 aromatic heterocycles. The zero-order valence-corrected chi connectivity index (χ0v) is 14.7. The van der Waals surface area contributed by atoms with Gasteiger partial charge in [0, 0.05) is 29.1 Å². The minimum atomic E-state index is -0.707. The van der Waals surface area contributed by atoms with Crippen molar-refractivity contribution in [2.75, 3.05) is 5.32 Å². The van der Waals surface area contributed by atoms with E-state index in [0.717, 1.165) is 27.5 Å². The third-order valence-electron chi connectivity index (χ3n) is 4.58. The molecule has 0 aliphatic carbocycles. The highest BCUT2D eigenvalue weighted by atomic mass is 16.1. The number of carbonyl (C=O) groups is 1. The van der Waals surface area contributed by atoms with Crippen LogP contribution in [-0.4, -0.2) is 16.0 Å². The number of aromatic amines is 1. The largest absolute Gasteiger partial charge is 0.361 e. The van der Waals surface area contributed by atoms with Crippen molar-refractivity contribution in [3.63, 3.8) is 0 Å². The Hall–Kier alpha value is -3.34. The highest BCUT2D eigenvalue weighted by Crippen LogP contribution is 2.27. The lowest BCUT2D eigenvalue weighted by atomic mass is 9.93. The first kappa shape index (κ1) is 16.1. The van der Waals surface area contributed by atoms with Crippen LogP contribution in [0.1, 0.15) is 28.5 Å². The Morgan fingerprint density at radius 1 is 1.08 bits per heavy atom. The van der Waals surface area contributed by atoms with E-state index in [2.05, 4.69) is 39.0 Å². The SMILES string of the molecule is CC(=O)c1cccc(C2(Nc3cc(C)[nH]n3)C=c3ccccc3=CN2)c1. The van der Waals surface area contributed by atoms with Gasteiger partial charge in [-0.2, -0.15) is 5.10 Å². The highest BCUT2D eigenvalue weighted by molar-refractivity contribution is 5.94. The standard InChI is InChI=1S/C21H20N4O/c1-14-10-20(25-24-14)23-21(19-9-5-8-16(11-19)15(2)26)12-17-6-3-4-7-18(17)13-22-21/h3-13,22H,1-2H3,(H2,23,24,25). The zero-order valence-electron chi connectivity index (χ0n) is 14.7. The summed E-state index contributed by atoms with van der Waals surface area (Å²) in [6.07, 6.45) is 4.12. The van der Waals surface area contributed by atoms with Gasteiger partial charge in [-0.25, -0.2) is 0 Å². The van der Waals surface area contributed by atoms with E-state index in [9.17, 15) is 4.79 Å². The maximum absolute atomic E-state index is 11.9. The summed E-state index contributed by atoms with van der Waals surface area (Å²) < 4.78 is 0. The third kappa shape index (κ3) is 2.88. The molecule has 1 unspecified atom stereocenters. The molecule has 0 fully saturated rings. The lowest BCUT2D eigenvalue weighted by molar-refractivity contribution is 0.101. The molecule has 4 rings (SSSR count). The van der Waals surface area contributed by atoms with Crippen molar-refractivity contribution < 1.29 is 4.79 Å². The van der Waals surface area contributed by atoms with Crippen LogP contribution in [0.25, 0.3) is 12.3 Å². The summed E-state index contributed by atoms with van der Waals surface area (Å²) in [6, 6.07) is 17.8. The Balaban J connectivity index is 1.89. The molecule has 2 heterocycles. The monoisotopic (exact) mass is 344 g/mol. The van der Waals surface area contributed by atoms with Gasteiger partial charge in [0.2, 0.25) is 0 Å². The molecule has 0 saturated heterocycles. The van der Waals surface area contributed by atoms with E-state index in [0.29, 0.717) is 5.56 Å². The van der Waals surface area contributed by atoms with Crippen LogP contribution in [0, 0.1) is 6.92 Å². The Morgan fingerprint density at radius 3 is 2.62 bits per heavy atom. The van der Waals surface area contributed by atoms with Crippen molar-refractivity contribution in [2.24, 2.45) is 0 Å². The number of aromatic nitrogens is 2. The van der Waals surface area contributed by atoms with Crippen LogP contribution in [0.2, 0.25) is 0 Å². The van der Waals surface area contributed by atoms with Gasteiger partial charge >= 0.3 is 0 Å². The molecule has 2 aromatic carbocycles. The fraction of sp³-hybridized carbons (Fsp3) is 0.143.